The molecule has 1 saturated heterocycles. The summed E-state index contributed by atoms with van der Waals surface area (Å²) in [6.07, 6.45) is 1.90. The fourth-order valence-corrected chi connectivity index (χ4v) is 2.45. The smallest absolute Gasteiger partial charge is 0.175 e. The predicted octanol–water partition coefficient (Wildman–Crippen LogP) is 3.02. The van der Waals surface area contributed by atoms with Gasteiger partial charge in [-0.1, -0.05) is 43.7 Å². The Hall–Kier alpha value is -1.39. The van der Waals surface area contributed by atoms with Gasteiger partial charge in [0.1, 0.15) is 0 Å². The van der Waals surface area contributed by atoms with E-state index in [1.165, 1.54) is 11.1 Å². The van der Waals surface area contributed by atoms with Gasteiger partial charge in [0.15, 0.2) is 5.79 Å². The molecule has 2 rings (SSSR count). The summed E-state index contributed by atoms with van der Waals surface area (Å²) < 4.78 is 12.0. The highest BCUT2D eigenvalue weighted by molar-refractivity contribution is 5.77. The molecule has 1 aliphatic rings. The number of hydrogen-bond donors (Lipinski definition) is 2. The fourth-order valence-electron chi connectivity index (χ4n) is 2.45. The van der Waals surface area contributed by atoms with Crippen molar-refractivity contribution in [3.63, 3.8) is 0 Å². The highest BCUT2D eigenvalue weighted by Gasteiger charge is 2.40. The molecule has 1 aromatic rings. The van der Waals surface area contributed by atoms with Crippen LogP contribution >= 0.6 is 0 Å². The fraction of sp³-hybridized carbons (Fsp3) is 0.588. The first-order valence-corrected chi connectivity index (χ1v) is 7.47. The number of nitrogens with two attached hydrogens (primary N) is 1. The van der Waals surface area contributed by atoms with E-state index < -0.39 is 5.79 Å². The van der Waals surface area contributed by atoms with Crippen LogP contribution in [0.15, 0.2) is 24.3 Å². The Bertz CT molecular complexity index is 484. The Kier molecular flexibility index (Phi) is 4.69. The lowest BCUT2D eigenvalue weighted by atomic mass is 9.92. The van der Waals surface area contributed by atoms with Crippen LogP contribution in [0.3, 0.4) is 0 Å². The first-order valence-electron chi connectivity index (χ1n) is 7.47. The van der Waals surface area contributed by atoms with Gasteiger partial charge < -0.3 is 15.2 Å². The summed E-state index contributed by atoms with van der Waals surface area (Å²) in [5.74, 6) is -0.634. The summed E-state index contributed by atoms with van der Waals surface area (Å²) in [5.41, 5.74) is 8.11. The minimum Gasteiger partial charge on any atom is -0.387 e. The van der Waals surface area contributed by atoms with Crippen molar-refractivity contribution in [2.45, 2.75) is 45.8 Å². The van der Waals surface area contributed by atoms with Gasteiger partial charge in [0.25, 0.3) is 0 Å². The highest BCUT2D eigenvalue weighted by atomic mass is 16.7. The van der Waals surface area contributed by atoms with Crippen LogP contribution in [0.1, 0.15) is 37.8 Å². The molecule has 3 N–H and O–H groups in total. The lowest BCUT2D eigenvalue weighted by Crippen LogP contribution is -2.49. The van der Waals surface area contributed by atoms with Gasteiger partial charge >= 0.3 is 0 Å². The summed E-state index contributed by atoms with van der Waals surface area (Å²) in [4.78, 5) is 0. The van der Waals surface area contributed by atoms with Crippen molar-refractivity contribution in [3.8, 4) is 0 Å². The molecule has 1 heterocycles. The average Bonchev–Trinajstić information content (AvgIpc) is 2.41. The van der Waals surface area contributed by atoms with Crippen LogP contribution in [0.2, 0.25) is 0 Å². The molecule has 1 fully saturated rings. The first kappa shape index (κ1) is 16.0. The summed E-state index contributed by atoms with van der Waals surface area (Å²) >= 11 is 0. The molecule has 0 atom stereocenters. The standard InChI is InChI=1S/C17H26N2O2/c1-13-4-6-14(7-5-13)8-9-17(10-15(18)19)20-11-16(2,3)12-21-17/h4-7H,8-12H2,1-3H3,(H3,18,19). The number of rotatable bonds is 5. The third kappa shape index (κ3) is 4.55. The normalized spacial score (nSPS) is 20.1. The zero-order chi connectivity index (χ0) is 15.5. The maximum Gasteiger partial charge on any atom is 0.175 e. The Balaban J connectivity index is 2.03. The minimum absolute atomic E-state index is 0.0180. The molecule has 0 aliphatic carbocycles. The quantitative estimate of drug-likeness (QED) is 0.647. The van der Waals surface area contributed by atoms with Crippen LogP contribution in [-0.4, -0.2) is 24.8 Å². The van der Waals surface area contributed by atoms with E-state index >= 15 is 0 Å². The molecular formula is C17H26N2O2. The van der Waals surface area contributed by atoms with Gasteiger partial charge in [0.05, 0.1) is 25.5 Å². The molecule has 0 radical (unpaired) electrons. The van der Waals surface area contributed by atoms with E-state index in [0.717, 1.165) is 6.42 Å². The molecular weight excluding hydrogens is 264 g/mol. The summed E-state index contributed by atoms with van der Waals surface area (Å²) in [7, 11) is 0. The van der Waals surface area contributed by atoms with Gasteiger partial charge in [-0.05, 0) is 18.9 Å². The highest BCUT2D eigenvalue weighted by Crippen LogP contribution is 2.34. The molecule has 1 aliphatic heterocycles. The van der Waals surface area contributed by atoms with E-state index in [-0.39, 0.29) is 11.3 Å². The molecule has 0 unspecified atom stereocenters. The number of ether oxygens (including phenoxy) is 2. The molecule has 4 heteroatoms. The molecule has 0 amide bonds. The van der Waals surface area contributed by atoms with E-state index in [2.05, 4.69) is 45.0 Å². The van der Waals surface area contributed by atoms with Crippen LogP contribution < -0.4 is 5.73 Å². The topological polar surface area (TPSA) is 68.3 Å². The molecule has 116 valence electrons. The SMILES string of the molecule is Cc1ccc(CCC2(CC(=N)N)OCC(C)(C)CO2)cc1. The Morgan fingerprint density at radius 3 is 2.29 bits per heavy atom. The van der Waals surface area contributed by atoms with Gasteiger partial charge in [-0.25, -0.2) is 0 Å². The van der Waals surface area contributed by atoms with Gasteiger partial charge in [0, 0.05) is 11.8 Å². The number of amidine groups is 1. The van der Waals surface area contributed by atoms with Crippen molar-refractivity contribution in [3.05, 3.63) is 35.4 Å². The van der Waals surface area contributed by atoms with Crippen molar-refractivity contribution >= 4 is 5.84 Å². The van der Waals surface area contributed by atoms with Crippen molar-refractivity contribution < 1.29 is 9.47 Å². The maximum atomic E-state index is 7.58. The zero-order valence-electron chi connectivity index (χ0n) is 13.2. The lowest BCUT2D eigenvalue weighted by Gasteiger charge is -2.43. The summed E-state index contributed by atoms with van der Waals surface area (Å²) in [6, 6.07) is 8.48. The molecule has 21 heavy (non-hydrogen) atoms. The van der Waals surface area contributed by atoms with Gasteiger partial charge in [-0.2, -0.15) is 0 Å². The zero-order valence-corrected chi connectivity index (χ0v) is 13.2. The lowest BCUT2D eigenvalue weighted by molar-refractivity contribution is -0.297. The van der Waals surface area contributed by atoms with Crippen LogP contribution in [-0.2, 0) is 15.9 Å². The van der Waals surface area contributed by atoms with E-state index in [1.807, 2.05) is 0 Å². The van der Waals surface area contributed by atoms with Crippen molar-refractivity contribution in [1.82, 2.24) is 0 Å². The van der Waals surface area contributed by atoms with Gasteiger partial charge in [-0.3, -0.25) is 5.41 Å². The Labute approximate surface area is 127 Å². The van der Waals surface area contributed by atoms with Crippen molar-refractivity contribution in [2.24, 2.45) is 11.1 Å². The predicted molar refractivity (Wildman–Crippen MR) is 84.4 cm³/mol. The second-order valence-electron chi connectivity index (χ2n) is 6.84. The van der Waals surface area contributed by atoms with Crippen LogP contribution in [0.5, 0.6) is 0 Å². The summed E-state index contributed by atoms with van der Waals surface area (Å²) in [5, 5.41) is 7.58. The van der Waals surface area contributed by atoms with Crippen LogP contribution in [0.4, 0.5) is 0 Å². The van der Waals surface area contributed by atoms with Gasteiger partial charge in [-0.15, -0.1) is 0 Å². The van der Waals surface area contributed by atoms with Crippen molar-refractivity contribution in [2.75, 3.05) is 13.2 Å². The first-order chi connectivity index (χ1) is 9.80. The van der Waals surface area contributed by atoms with E-state index in [0.29, 0.717) is 26.1 Å². The van der Waals surface area contributed by atoms with Gasteiger partial charge in [0.2, 0.25) is 0 Å². The monoisotopic (exact) mass is 290 g/mol. The molecule has 0 spiro atoms. The van der Waals surface area contributed by atoms with E-state index in [4.69, 9.17) is 20.6 Å². The number of aryl methyl sites for hydroxylation is 2. The summed E-state index contributed by atoms with van der Waals surface area (Å²) in [6.45, 7) is 7.58. The maximum absolute atomic E-state index is 7.58. The van der Waals surface area contributed by atoms with Crippen LogP contribution in [0.25, 0.3) is 0 Å². The number of benzene rings is 1. The number of hydrogen-bond acceptors (Lipinski definition) is 3. The second kappa shape index (κ2) is 6.16. The molecule has 0 saturated carbocycles. The minimum atomic E-state index is -0.744. The second-order valence-corrected chi connectivity index (χ2v) is 6.84. The average molecular weight is 290 g/mol. The molecule has 0 aromatic heterocycles. The Morgan fingerprint density at radius 2 is 1.76 bits per heavy atom. The molecule has 4 nitrogen and oxygen atoms in total. The third-order valence-corrected chi connectivity index (χ3v) is 3.83. The van der Waals surface area contributed by atoms with E-state index in [1.54, 1.807) is 0 Å². The third-order valence-electron chi connectivity index (χ3n) is 3.83. The van der Waals surface area contributed by atoms with E-state index in [9.17, 15) is 0 Å². The largest absolute Gasteiger partial charge is 0.387 e. The number of nitrogens with one attached hydrogen (secondary N) is 1. The van der Waals surface area contributed by atoms with Crippen LogP contribution in [0, 0.1) is 17.7 Å². The van der Waals surface area contributed by atoms with Crippen molar-refractivity contribution in [1.29, 1.82) is 5.41 Å². The molecule has 1 aromatic carbocycles. The Morgan fingerprint density at radius 1 is 1.19 bits per heavy atom. The molecule has 0 bridgehead atoms.